The SMILES string of the molecule is Cc1nc2c(OCCCOc3cccc(N)c3)cccn2c1C. The molecule has 2 aromatic heterocycles. The Kier molecular flexibility index (Phi) is 4.37. The number of anilines is 1. The topological polar surface area (TPSA) is 61.8 Å². The Balaban J connectivity index is 1.54. The zero-order valence-electron chi connectivity index (χ0n) is 13.5. The van der Waals surface area contributed by atoms with E-state index in [9.17, 15) is 0 Å². The van der Waals surface area contributed by atoms with Crippen molar-refractivity contribution in [2.24, 2.45) is 0 Å². The highest BCUT2D eigenvalue weighted by atomic mass is 16.5. The molecule has 23 heavy (non-hydrogen) atoms. The molecule has 5 heteroatoms. The van der Waals surface area contributed by atoms with Gasteiger partial charge in [0.25, 0.3) is 0 Å². The molecular weight excluding hydrogens is 290 g/mol. The van der Waals surface area contributed by atoms with Crippen LogP contribution >= 0.6 is 0 Å². The van der Waals surface area contributed by atoms with E-state index in [1.54, 1.807) is 0 Å². The highest BCUT2D eigenvalue weighted by Crippen LogP contribution is 2.21. The monoisotopic (exact) mass is 311 g/mol. The molecule has 0 amide bonds. The van der Waals surface area contributed by atoms with Crippen LogP contribution in [0.15, 0.2) is 42.6 Å². The van der Waals surface area contributed by atoms with Gasteiger partial charge in [-0.1, -0.05) is 6.07 Å². The van der Waals surface area contributed by atoms with Gasteiger partial charge in [-0.2, -0.15) is 0 Å². The van der Waals surface area contributed by atoms with Crippen LogP contribution in [0.3, 0.4) is 0 Å². The number of nitrogens with zero attached hydrogens (tertiary/aromatic N) is 2. The number of aryl methyl sites for hydroxylation is 2. The number of ether oxygens (including phenoxy) is 2. The van der Waals surface area contributed by atoms with Crippen molar-refractivity contribution in [3.63, 3.8) is 0 Å². The lowest BCUT2D eigenvalue weighted by Crippen LogP contribution is -2.06. The maximum atomic E-state index is 5.86. The molecule has 0 unspecified atom stereocenters. The number of fused-ring (bicyclic) bond motifs is 1. The fourth-order valence-electron chi connectivity index (χ4n) is 2.42. The Hall–Kier alpha value is -2.69. The molecule has 0 fully saturated rings. The van der Waals surface area contributed by atoms with Crippen LogP contribution in [0.4, 0.5) is 5.69 Å². The van der Waals surface area contributed by atoms with Gasteiger partial charge in [0.1, 0.15) is 5.75 Å². The number of hydrogen-bond acceptors (Lipinski definition) is 4. The maximum Gasteiger partial charge on any atom is 0.180 e. The molecule has 0 saturated carbocycles. The van der Waals surface area contributed by atoms with Crippen molar-refractivity contribution < 1.29 is 9.47 Å². The van der Waals surface area contributed by atoms with Gasteiger partial charge in [0.15, 0.2) is 11.4 Å². The van der Waals surface area contributed by atoms with Crippen molar-refractivity contribution in [2.75, 3.05) is 18.9 Å². The highest BCUT2D eigenvalue weighted by Gasteiger charge is 2.09. The van der Waals surface area contributed by atoms with Crippen LogP contribution in [0.25, 0.3) is 5.65 Å². The van der Waals surface area contributed by atoms with Crippen molar-refractivity contribution in [1.29, 1.82) is 0 Å². The second-order valence-corrected chi connectivity index (χ2v) is 5.47. The Morgan fingerprint density at radius 1 is 1.09 bits per heavy atom. The predicted octanol–water partition coefficient (Wildman–Crippen LogP) is 3.38. The highest BCUT2D eigenvalue weighted by molar-refractivity contribution is 5.55. The van der Waals surface area contributed by atoms with E-state index >= 15 is 0 Å². The summed E-state index contributed by atoms with van der Waals surface area (Å²) in [5.41, 5.74) is 9.44. The van der Waals surface area contributed by atoms with Crippen LogP contribution in [0.1, 0.15) is 17.8 Å². The molecule has 1 aromatic carbocycles. The van der Waals surface area contributed by atoms with E-state index in [4.69, 9.17) is 15.2 Å². The summed E-state index contributed by atoms with van der Waals surface area (Å²) in [6, 6.07) is 11.3. The Labute approximate surface area is 135 Å². The molecule has 0 aliphatic carbocycles. The van der Waals surface area contributed by atoms with Gasteiger partial charge in [0.05, 0.1) is 18.9 Å². The molecule has 3 rings (SSSR count). The summed E-state index contributed by atoms with van der Waals surface area (Å²) in [5, 5.41) is 0. The van der Waals surface area contributed by atoms with Crippen LogP contribution in [0.5, 0.6) is 11.5 Å². The first-order chi connectivity index (χ1) is 11.1. The quantitative estimate of drug-likeness (QED) is 0.560. The number of hydrogen-bond donors (Lipinski definition) is 1. The molecule has 0 aliphatic heterocycles. The van der Waals surface area contributed by atoms with Crippen molar-refractivity contribution in [3.05, 3.63) is 54.0 Å². The number of nitrogens with two attached hydrogens (primary N) is 1. The Morgan fingerprint density at radius 3 is 2.74 bits per heavy atom. The largest absolute Gasteiger partial charge is 0.493 e. The number of aromatic nitrogens is 2. The van der Waals surface area contributed by atoms with Gasteiger partial charge < -0.3 is 19.6 Å². The van der Waals surface area contributed by atoms with E-state index in [2.05, 4.69) is 11.9 Å². The zero-order valence-corrected chi connectivity index (χ0v) is 13.5. The first-order valence-electron chi connectivity index (χ1n) is 7.70. The molecule has 2 N–H and O–H groups in total. The third-order valence-electron chi connectivity index (χ3n) is 3.76. The van der Waals surface area contributed by atoms with Crippen LogP contribution < -0.4 is 15.2 Å². The van der Waals surface area contributed by atoms with Gasteiger partial charge in [0, 0.05) is 30.1 Å². The average molecular weight is 311 g/mol. The summed E-state index contributed by atoms with van der Waals surface area (Å²) in [6.45, 7) is 5.22. The second-order valence-electron chi connectivity index (χ2n) is 5.47. The minimum atomic E-state index is 0.576. The van der Waals surface area contributed by atoms with E-state index < -0.39 is 0 Å². The summed E-state index contributed by atoms with van der Waals surface area (Å²) >= 11 is 0. The summed E-state index contributed by atoms with van der Waals surface area (Å²) < 4.78 is 13.6. The van der Waals surface area contributed by atoms with E-state index in [1.807, 2.05) is 53.9 Å². The van der Waals surface area contributed by atoms with Gasteiger partial charge in [-0.15, -0.1) is 0 Å². The van der Waals surface area contributed by atoms with Gasteiger partial charge in [-0.3, -0.25) is 0 Å². The maximum absolute atomic E-state index is 5.86. The molecule has 2 heterocycles. The molecule has 0 bridgehead atoms. The number of imidazole rings is 1. The summed E-state index contributed by atoms with van der Waals surface area (Å²) in [4.78, 5) is 4.56. The van der Waals surface area contributed by atoms with Crippen LogP contribution in [0.2, 0.25) is 0 Å². The number of pyridine rings is 1. The van der Waals surface area contributed by atoms with Gasteiger partial charge in [-0.05, 0) is 38.1 Å². The fraction of sp³-hybridized carbons (Fsp3) is 0.278. The lowest BCUT2D eigenvalue weighted by Gasteiger charge is -2.09. The fourth-order valence-corrected chi connectivity index (χ4v) is 2.42. The van der Waals surface area contributed by atoms with Crippen molar-refractivity contribution in [1.82, 2.24) is 9.38 Å². The molecule has 0 spiro atoms. The molecule has 0 atom stereocenters. The van der Waals surface area contributed by atoms with E-state index in [0.29, 0.717) is 18.9 Å². The summed E-state index contributed by atoms with van der Waals surface area (Å²) in [5.74, 6) is 1.58. The molecular formula is C18H21N3O2. The first-order valence-corrected chi connectivity index (χ1v) is 7.70. The van der Waals surface area contributed by atoms with Crippen molar-refractivity contribution in [2.45, 2.75) is 20.3 Å². The average Bonchev–Trinajstić information content (AvgIpc) is 2.83. The molecule has 0 saturated heterocycles. The molecule has 3 aromatic rings. The lowest BCUT2D eigenvalue weighted by atomic mass is 10.3. The summed E-state index contributed by atoms with van der Waals surface area (Å²) in [7, 11) is 0. The summed E-state index contributed by atoms with van der Waals surface area (Å²) in [6.07, 6.45) is 2.79. The molecule has 0 aliphatic rings. The zero-order chi connectivity index (χ0) is 16.2. The molecule has 120 valence electrons. The first kappa shape index (κ1) is 15.2. The minimum absolute atomic E-state index is 0.576. The number of nitrogen functional groups attached to an aromatic ring is 1. The normalized spacial score (nSPS) is 10.9. The van der Waals surface area contributed by atoms with E-state index in [0.717, 1.165) is 35.0 Å². The van der Waals surface area contributed by atoms with Gasteiger partial charge >= 0.3 is 0 Å². The third kappa shape index (κ3) is 3.39. The number of rotatable bonds is 6. The van der Waals surface area contributed by atoms with Crippen LogP contribution in [-0.4, -0.2) is 22.6 Å². The molecule has 0 radical (unpaired) electrons. The second kappa shape index (κ2) is 6.60. The smallest absolute Gasteiger partial charge is 0.180 e. The Bertz CT molecular complexity index is 811. The van der Waals surface area contributed by atoms with Crippen LogP contribution in [-0.2, 0) is 0 Å². The van der Waals surface area contributed by atoms with Gasteiger partial charge in [0.2, 0.25) is 0 Å². The predicted molar refractivity (Wildman–Crippen MR) is 91.1 cm³/mol. The van der Waals surface area contributed by atoms with Gasteiger partial charge in [-0.25, -0.2) is 4.98 Å². The Morgan fingerprint density at radius 2 is 1.91 bits per heavy atom. The van der Waals surface area contributed by atoms with E-state index in [1.165, 1.54) is 0 Å². The van der Waals surface area contributed by atoms with Crippen molar-refractivity contribution in [3.8, 4) is 11.5 Å². The van der Waals surface area contributed by atoms with Crippen LogP contribution in [0, 0.1) is 13.8 Å². The standard InChI is InChI=1S/C18H21N3O2/c1-13-14(2)21-9-4-8-17(18(21)20-13)23-11-5-10-22-16-7-3-6-15(19)12-16/h3-4,6-9,12H,5,10-11,19H2,1-2H3. The minimum Gasteiger partial charge on any atom is -0.493 e. The number of benzene rings is 1. The van der Waals surface area contributed by atoms with E-state index in [-0.39, 0.29) is 0 Å². The third-order valence-corrected chi connectivity index (χ3v) is 3.76. The van der Waals surface area contributed by atoms with Crippen molar-refractivity contribution >= 4 is 11.3 Å². The lowest BCUT2D eigenvalue weighted by molar-refractivity contribution is 0.248. The molecule has 5 nitrogen and oxygen atoms in total.